The number of carbonyl (C=O) groups is 3. The molecule has 10 heteroatoms. The zero-order chi connectivity index (χ0) is 26.2. The Morgan fingerprint density at radius 2 is 1.47 bits per heavy atom. The largest absolute Gasteiger partial charge is 0.445 e. The van der Waals surface area contributed by atoms with Crippen LogP contribution in [0, 0.1) is 0 Å². The average molecular weight is 502 g/mol. The number of hydrogen-bond acceptors (Lipinski definition) is 7. The fourth-order valence-corrected chi connectivity index (χ4v) is 2.95. The first-order chi connectivity index (χ1) is 17.2. The molecule has 1 unspecified atom stereocenters. The lowest BCUT2D eigenvalue weighted by molar-refractivity contribution is -0.123. The summed E-state index contributed by atoms with van der Waals surface area (Å²) in [6.07, 6.45) is -1.06. The van der Waals surface area contributed by atoms with E-state index in [0.29, 0.717) is 6.42 Å². The monoisotopic (exact) mass is 501 g/mol. The van der Waals surface area contributed by atoms with Gasteiger partial charge in [0.15, 0.2) is 0 Å². The van der Waals surface area contributed by atoms with Crippen LogP contribution in [-0.2, 0) is 36.9 Å². The summed E-state index contributed by atoms with van der Waals surface area (Å²) in [6, 6.07) is 17.8. The minimum atomic E-state index is -0.822. The number of rotatable bonds is 13. The van der Waals surface area contributed by atoms with Crippen molar-refractivity contribution in [3.05, 3.63) is 71.8 Å². The highest BCUT2D eigenvalue weighted by Crippen LogP contribution is 2.07. The third kappa shape index (κ3) is 12.7. The second kappa shape index (κ2) is 15.4. The van der Waals surface area contributed by atoms with E-state index in [4.69, 9.17) is 19.0 Å². The van der Waals surface area contributed by atoms with Crippen LogP contribution in [0.1, 0.15) is 31.9 Å². The molecule has 36 heavy (non-hydrogen) atoms. The highest BCUT2D eigenvalue weighted by molar-refractivity contribution is 5.85. The van der Waals surface area contributed by atoms with E-state index in [0.717, 1.165) is 11.1 Å². The van der Waals surface area contributed by atoms with Crippen LogP contribution < -0.4 is 16.1 Å². The fraction of sp³-hybridized carbons (Fsp3) is 0.423. The Balaban J connectivity index is 1.71. The smallest absolute Gasteiger partial charge is 0.431 e. The van der Waals surface area contributed by atoms with Crippen molar-refractivity contribution in [1.29, 1.82) is 0 Å². The summed E-state index contributed by atoms with van der Waals surface area (Å²) in [7, 11) is 0. The van der Waals surface area contributed by atoms with Crippen molar-refractivity contribution in [2.24, 2.45) is 0 Å². The molecule has 3 N–H and O–H groups in total. The molecule has 0 saturated heterocycles. The quantitative estimate of drug-likeness (QED) is 0.285. The maximum atomic E-state index is 12.8. The summed E-state index contributed by atoms with van der Waals surface area (Å²) in [4.78, 5) is 41.5. The highest BCUT2D eigenvalue weighted by atomic mass is 16.7. The highest BCUT2D eigenvalue weighted by Gasteiger charge is 2.22. The third-order valence-electron chi connectivity index (χ3n) is 4.53. The SMILES string of the molecule is CC(C)(C)OC(=O)NOCCOCCNC(=O)C(Cc1ccccc1)NC(=O)OCc1ccccc1. The molecule has 0 aromatic heterocycles. The molecule has 196 valence electrons. The van der Waals surface area contributed by atoms with Gasteiger partial charge in [-0.15, -0.1) is 0 Å². The molecule has 2 aromatic rings. The lowest BCUT2D eigenvalue weighted by Gasteiger charge is -2.19. The first-order valence-electron chi connectivity index (χ1n) is 11.7. The first-order valence-corrected chi connectivity index (χ1v) is 11.7. The van der Waals surface area contributed by atoms with Crippen molar-refractivity contribution in [2.75, 3.05) is 26.4 Å². The van der Waals surface area contributed by atoms with Crippen LogP contribution in [0.2, 0.25) is 0 Å². The van der Waals surface area contributed by atoms with Gasteiger partial charge in [0, 0.05) is 13.0 Å². The van der Waals surface area contributed by atoms with Crippen molar-refractivity contribution in [3.63, 3.8) is 0 Å². The molecular formula is C26H35N3O7. The minimum Gasteiger partial charge on any atom is -0.445 e. The number of amides is 3. The molecule has 0 saturated carbocycles. The van der Waals surface area contributed by atoms with E-state index in [-0.39, 0.29) is 38.9 Å². The summed E-state index contributed by atoms with van der Waals surface area (Å²) in [6.45, 7) is 6.10. The number of benzene rings is 2. The van der Waals surface area contributed by atoms with E-state index in [1.165, 1.54) is 0 Å². The zero-order valence-corrected chi connectivity index (χ0v) is 21.0. The van der Waals surface area contributed by atoms with Gasteiger partial charge in [0.05, 0.1) is 19.8 Å². The van der Waals surface area contributed by atoms with Gasteiger partial charge >= 0.3 is 12.2 Å². The lowest BCUT2D eigenvalue weighted by Crippen LogP contribution is -2.48. The number of alkyl carbamates (subject to hydrolysis) is 1. The molecule has 2 rings (SSSR count). The number of hydrogen-bond donors (Lipinski definition) is 3. The predicted molar refractivity (Wildman–Crippen MR) is 133 cm³/mol. The number of ether oxygens (including phenoxy) is 3. The molecule has 2 aromatic carbocycles. The Hall–Kier alpha value is -3.63. The van der Waals surface area contributed by atoms with E-state index in [2.05, 4.69) is 16.1 Å². The van der Waals surface area contributed by atoms with E-state index in [1.807, 2.05) is 60.7 Å². The molecule has 0 aliphatic rings. The van der Waals surface area contributed by atoms with E-state index in [1.54, 1.807) is 20.8 Å². The van der Waals surface area contributed by atoms with Gasteiger partial charge in [-0.2, -0.15) is 5.48 Å². The maximum absolute atomic E-state index is 12.8. The van der Waals surface area contributed by atoms with Gasteiger partial charge in [0.25, 0.3) is 0 Å². The molecule has 0 fully saturated rings. The van der Waals surface area contributed by atoms with Crippen molar-refractivity contribution in [3.8, 4) is 0 Å². The van der Waals surface area contributed by atoms with Gasteiger partial charge in [-0.1, -0.05) is 60.7 Å². The standard InChI is InChI=1S/C26H35N3O7/c1-26(2,3)36-25(32)29-35-17-16-33-15-14-27-23(30)22(18-20-10-6-4-7-11-20)28-24(31)34-19-21-12-8-5-9-13-21/h4-13,22H,14-19H2,1-3H3,(H,27,30)(H,28,31)(H,29,32). The van der Waals surface area contributed by atoms with Crippen molar-refractivity contribution >= 4 is 18.1 Å². The maximum Gasteiger partial charge on any atom is 0.431 e. The van der Waals surface area contributed by atoms with Crippen molar-refractivity contribution in [2.45, 2.75) is 45.4 Å². The van der Waals surface area contributed by atoms with Crippen LogP contribution in [0.4, 0.5) is 9.59 Å². The molecule has 0 radical (unpaired) electrons. The first kappa shape index (κ1) is 28.6. The van der Waals surface area contributed by atoms with Crippen LogP contribution in [0.15, 0.2) is 60.7 Å². The Labute approximate surface area is 211 Å². The summed E-state index contributed by atoms with van der Waals surface area (Å²) in [5.74, 6) is -0.359. The molecule has 0 heterocycles. The topological polar surface area (TPSA) is 124 Å². The van der Waals surface area contributed by atoms with Crippen LogP contribution in [0.3, 0.4) is 0 Å². The van der Waals surface area contributed by atoms with Gasteiger partial charge in [-0.3, -0.25) is 9.63 Å². The van der Waals surface area contributed by atoms with Crippen LogP contribution >= 0.6 is 0 Å². The van der Waals surface area contributed by atoms with Crippen LogP contribution in [0.5, 0.6) is 0 Å². The van der Waals surface area contributed by atoms with Gasteiger partial charge in [-0.25, -0.2) is 9.59 Å². The van der Waals surface area contributed by atoms with Crippen LogP contribution in [-0.4, -0.2) is 56.1 Å². The summed E-state index contributed by atoms with van der Waals surface area (Å²) in [5.41, 5.74) is 3.29. The Morgan fingerprint density at radius 1 is 0.833 bits per heavy atom. The Bertz CT molecular complexity index is 934. The molecule has 10 nitrogen and oxygen atoms in total. The molecule has 0 spiro atoms. The number of hydroxylamine groups is 1. The molecule has 0 aliphatic heterocycles. The average Bonchev–Trinajstić information content (AvgIpc) is 2.84. The molecule has 0 bridgehead atoms. The van der Waals surface area contributed by atoms with Crippen LogP contribution in [0.25, 0.3) is 0 Å². The second-order valence-corrected chi connectivity index (χ2v) is 8.80. The number of nitrogens with one attached hydrogen (secondary N) is 3. The second-order valence-electron chi connectivity index (χ2n) is 8.80. The third-order valence-corrected chi connectivity index (χ3v) is 4.53. The summed E-state index contributed by atoms with van der Waals surface area (Å²) < 4.78 is 15.7. The van der Waals surface area contributed by atoms with E-state index in [9.17, 15) is 14.4 Å². The Kier molecular flexibility index (Phi) is 12.2. The number of carbonyl (C=O) groups excluding carboxylic acids is 3. The summed E-state index contributed by atoms with van der Waals surface area (Å²) >= 11 is 0. The van der Waals surface area contributed by atoms with E-state index >= 15 is 0 Å². The Morgan fingerprint density at radius 3 is 2.11 bits per heavy atom. The van der Waals surface area contributed by atoms with Gasteiger partial charge in [0.1, 0.15) is 18.2 Å². The molecule has 1 atom stereocenters. The fourth-order valence-electron chi connectivity index (χ4n) is 2.95. The van der Waals surface area contributed by atoms with Crippen molar-refractivity contribution in [1.82, 2.24) is 16.1 Å². The minimum absolute atomic E-state index is 0.102. The van der Waals surface area contributed by atoms with Gasteiger partial charge < -0.3 is 24.8 Å². The lowest BCUT2D eigenvalue weighted by atomic mass is 10.1. The van der Waals surface area contributed by atoms with Gasteiger partial charge in [0.2, 0.25) is 5.91 Å². The normalized spacial score (nSPS) is 11.8. The molecule has 3 amide bonds. The summed E-state index contributed by atoms with van der Waals surface area (Å²) in [5, 5.41) is 5.40. The molecule has 0 aliphatic carbocycles. The predicted octanol–water partition coefficient (Wildman–Crippen LogP) is 3.11. The molecular weight excluding hydrogens is 466 g/mol. The van der Waals surface area contributed by atoms with Gasteiger partial charge in [-0.05, 0) is 31.9 Å². The van der Waals surface area contributed by atoms with E-state index < -0.39 is 23.8 Å². The van der Waals surface area contributed by atoms with Crippen molar-refractivity contribution < 1.29 is 33.4 Å². The zero-order valence-electron chi connectivity index (χ0n) is 21.0.